The maximum absolute atomic E-state index is 4.28. The first-order valence-electron chi connectivity index (χ1n) is 6.43. The molecule has 0 radical (unpaired) electrons. The Bertz CT molecular complexity index is 339. The molecule has 0 spiro atoms. The summed E-state index contributed by atoms with van der Waals surface area (Å²) in [6, 6.07) is 0.726. The number of aryl methyl sites for hydroxylation is 1. The highest BCUT2D eigenvalue weighted by molar-refractivity contribution is 5.15. The molecule has 1 saturated carbocycles. The normalized spacial score (nSPS) is 17.7. The lowest BCUT2D eigenvalue weighted by Crippen LogP contribution is -2.30. The van der Waals surface area contributed by atoms with Gasteiger partial charge in [0.2, 0.25) is 0 Å². The van der Waals surface area contributed by atoms with Crippen molar-refractivity contribution in [2.75, 3.05) is 0 Å². The van der Waals surface area contributed by atoms with E-state index in [9.17, 15) is 0 Å². The Morgan fingerprint density at radius 1 is 1.56 bits per heavy atom. The van der Waals surface area contributed by atoms with Crippen LogP contribution in [0.3, 0.4) is 0 Å². The van der Waals surface area contributed by atoms with Gasteiger partial charge in [0.1, 0.15) is 0 Å². The quantitative estimate of drug-likeness (QED) is 0.799. The number of nitrogens with one attached hydrogen (secondary N) is 1. The molecule has 0 amide bonds. The summed E-state index contributed by atoms with van der Waals surface area (Å²) in [6.07, 6.45) is 7.41. The van der Waals surface area contributed by atoms with Crippen LogP contribution in [-0.4, -0.2) is 15.8 Å². The van der Waals surface area contributed by atoms with Gasteiger partial charge in [-0.2, -0.15) is 5.10 Å². The van der Waals surface area contributed by atoms with E-state index >= 15 is 0 Å². The van der Waals surface area contributed by atoms with Crippen LogP contribution in [0.2, 0.25) is 0 Å². The molecular weight excluding hydrogens is 198 g/mol. The van der Waals surface area contributed by atoms with Crippen molar-refractivity contribution in [3.63, 3.8) is 0 Å². The van der Waals surface area contributed by atoms with Crippen LogP contribution < -0.4 is 5.32 Å². The molecule has 1 aromatic heterocycles. The second kappa shape index (κ2) is 5.00. The zero-order chi connectivity index (χ0) is 11.5. The van der Waals surface area contributed by atoms with Crippen LogP contribution in [0.5, 0.6) is 0 Å². The summed E-state index contributed by atoms with van der Waals surface area (Å²) in [5.74, 6) is 0.942. The third kappa shape index (κ3) is 2.64. The molecule has 1 atom stereocenters. The van der Waals surface area contributed by atoms with E-state index in [0.29, 0.717) is 0 Å². The molecule has 1 N–H and O–H groups in total. The summed E-state index contributed by atoms with van der Waals surface area (Å²) in [7, 11) is 2.00. The molecule has 2 rings (SSSR count). The van der Waals surface area contributed by atoms with Crippen LogP contribution >= 0.6 is 0 Å². The van der Waals surface area contributed by atoms with Gasteiger partial charge in [-0.3, -0.25) is 4.68 Å². The zero-order valence-electron chi connectivity index (χ0n) is 10.7. The van der Waals surface area contributed by atoms with Gasteiger partial charge >= 0.3 is 0 Å². The fraction of sp³-hybridized carbons (Fsp3) is 0.769. The molecule has 1 aromatic rings. The average molecular weight is 221 g/mol. The number of aromatic nitrogens is 2. The monoisotopic (exact) mass is 221 g/mol. The Labute approximate surface area is 98.2 Å². The van der Waals surface area contributed by atoms with Gasteiger partial charge in [0.25, 0.3) is 0 Å². The van der Waals surface area contributed by atoms with Crippen molar-refractivity contribution in [3.8, 4) is 0 Å². The number of nitrogens with zero attached hydrogens (tertiary/aromatic N) is 2. The third-order valence-corrected chi connectivity index (χ3v) is 3.68. The SMILES string of the molecule is CCCC(NCc1cnn(C)c1C)C1CC1. The maximum atomic E-state index is 4.28. The molecule has 0 saturated heterocycles. The van der Waals surface area contributed by atoms with Gasteiger partial charge < -0.3 is 5.32 Å². The minimum absolute atomic E-state index is 0.726. The fourth-order valence-corrected chi connectivity index (χ4v) is 2.27. The zero-order valence-corrected chi connectivity index (χ0v) is 10.7. The standard InChI is InChI=1S/C13H23N3/c1-4-5-13(11-6-7-11)14-8-12-9-15-16(3)10(12)2/h9,11,13-14H,4-8H2,1-3H3. The van der Waals surface area contributed by atoms with Crippen molar-refractivity contribution in [3.05, 3.63) is 17.5 Å². The second-order valence-electron chi connectivity index (χ2n) is 4.99. The molecule has 1 aliphatic carbocycles. The van der Waals surface area contributed by atoms with E-state index in [-0.39, 0.29) is 0 Å². The van der Waals surface area contributed by atoms with E-state index in [0.717, 1.165) is 18.5 Å². The first kappa shape index (κ1) is 11.6. The third-order valence-electron chi connectivity index (χ3n) is 3.68. The Balaban J connectivity index is 1.87. The van der Waals surface area contributed by atoms with Crippen LogP contribution in [0, 0.1) is 12.8 Å². The molecule has 1 heterocycles. The van der Waals surface area contributed by atoms with E-state index in [1.807, 2.05) is 17.9 Å². The molecule has 1 unspecified atom stereocenters. The molecule has 90 valence electrons. The van der Waals surface area contributed by atoms with Gasteiger partial charge in [-0.1, -0.05) is 13.3 Å². The van der Waals surface area contributed by atoms with E-state index in [1.54, 1.807) is 0 Å². The lowest BCUT2D eigenvalue weighted by molar-refractivity contribution is 0.429. The number of hydrogen-bond acceptors (Lipinski definition) is 2. The smallest absolute Gasteiger partial charge is 0.0537 e. The maximum Gasteiger partial charge on any atom is 0.0537 e. The van der Waals surface area contributed by atoms with Crippen molar-refractivity contribution in [2.24, 2.45) is 13.0 Å². The molecule has 3 heteroatoms. The lowest BCUT2D eigenvalue weighted by Gasteiger charge is -2.17. The molecule has 3 nitrogen and oxygen atoms in total. The van der Waals surface area contributed by atoms with E-state index in [4.69, 9.17) is 0 Å². The summed E-state index contributed by atoms with van der Waals surface area (Å²) < 4.78 is 1.95. The van der Waals surface area contributed by atoms with Crippen LogP contribution in [0.15, 0.2) is 6.20 Å². The molecule has 16 heavy (non-hydrogen) atoms. The molecule has 0 bridgehead atoms. The lowest BCUT2D eigenvalue weighted by atomic mass is 10.1. The van der Waals surface area contributed by atoms with Crippen LogP contribution in [-0.2, 0) is 13.6 Å². The highest BCUT2D eigenvalue weighted by atomic mass is 15.3. The Morgan fingerprint density at radius 2 is 2.31 bits per heavy atom. The van der Waals surface area contributed by atoms with E-state index in [1.165, 1.54) is 36.9 Å². The van der Waals surface area contributed by atoms with Gasteiger partial charge in [0, 0.05) is 30.9 Å². The van der Waals surface area contributed by atoms with Crippen LogP contribution in [0.25, 0.3) is 0 Å². The van der Waals surface area contributed by atoms with E-state index < -0.39 is 0 Å². The topological polar surface area (TPSA) is 29.9 Å². The van der Waals surface area contributed by atoms with Crippen molar-refractivity contribution < 1.29 is 0 Å². The van der Waals surface area contributed by atoms with Crippen LogP contribution in [0.4, 0.5) is 0 Å². The molecule has 0 aliphatic heterocycles. The summed E-state index contributed by atoms with van der Waals surface area (Å²) in [5.41, 5.74) is 2.61. The largest absolute Gasteiger partial charge is 0.310 e. The summed E-state index contributed by atoms with van der Waals surface area (Å²) in [5, 5.41) is 7.98. The first-order valence-corrected chi connectivity index (χ1v) is 6.43. The average Bonchev–Trinajstić information content (AvgIpc) is 3.05. The summed E-state index contributed by atoms with van der Waals surface area (Å²) in [6.45, 7) is 5.38. The van der Waals surface area contributed by atoms with Gasteiger partial charge in [-0.25, -0.2) is 0 Å². The number of rotatable bonds is 6. The summed E-state index contributed by atoms with van der Waals surface area (Å²) >= 11 is 0. The van der Waals surface area contributed by atoms with Crippen molar-refractivity contribution in [2.45, 2.75) is 52.1 Å². The Hall–Kier alpha value is -0.830. The highest BCUT2D eigenvalue weighted by Gasteiger charge is 2.30. The summed E-state index contributed by atoms with van der Waals surface area (Å²) in [4.78, 5) is 0. The van der Waals surface area contributed by atoms with Gasteiger partial charge in [-0.05, 0) is 32.1 Å². The fourth-order valence-electron chi connectivity index (χ4n) is 2.27. The van der Waals surface area contributed by atoms with E-state index in [2.05, 4.69) is 24.3 Å². The molecule has 0 aromatic carbocycles. The molecular formula is C13H23N3. The highest BCUT2D eigenvalue weighted by Crippen LogP contribution is 2.34. The Kier molecular flexibility index (Phi) is 3.64. The van der Waals surface area contributed by atoms with Gasteiger partial charge in [-0.15, -0.1) is 0 Å². The predicted octanol–water partition coefficient (Wildman–Crippen LogP) is 2.40. The number of hydrogen-bond donors (Lipinski definition) is 1. The van der Waals surface area contributed by atoms with Crippen molar-refractivity contribution in [1.29, 1.82) is 0 Å². The Morgan fingerprint density at radius 3 is 2.81 bits per heavy atom. The minimum atomic E-state index is 0.726. The van der Waals surface area contributed by atoms with Crippen molar-refractivity contribution >= 4 is 0 Å². The van der Waals surface area contributed by atoms with Crippen molar-refractivity contribution in [1.82, 2.24) is 15.1 Å². The molecule has 1 fully saturated rings. The molecule has 1 aliphatic rings. The van der Waals surface area contributed by atoms with Crippen LogP contribution in [0.1, 0.15) is 43.9 Å². The first-order chi connectivity index (χ1) is 7.72. The second-order valence-corrected chi connectivity index (χ2v) is 4.99. The van der Waals surface area contributed by atoms with Gasteiger partial charge in [0.15, 0.2) is 0 Å². The van der Waals surface area contributed by atoms with Gasteiger partial charge in [0.05, 0.1) is 6.20 Å². The minimum Gasteiger partial charge on any atom is -0.310 e. The predicted molar refractivity (Wildman–Crippen MR) is 66.2 cm³/mol.